The lowest BCUT2D eigenvalue weighted by Gasteiger charge is -2.19. The molecule has 0 fully saturated rings. The number of rotatable bonds is 7. The van der Waals surface area contributed by atoms with Gasteiger partial charge in [-0.05, 0) is 17.7 Å². The summed E-state index contributed by atoms with van der Waals surface area (Å²) < 4.78 is 25.6. The average Bonchev–Trinajstić information content (AvgIpc) is 2.38. The molecule has 5 nitrogen and oxygen atoms in total. The first-order valence-electron chi connectivity index (χ1n) is 5.48. The van der Waals surface area contributed by atoms with Gasteiger partial charge in [-0.15, -0.1) is 6.58 Å². The highest BCUT2D eigenvalue weighted by molar-refractivity contribution is 7.89. The van der Waals surface area contributed by atoms with Crippen LogP contribution >= 0.6 is 0 Å². The van der Waals surface area contributed by atoms with Crippen molar-refractivity contribution >= 4 is 10.0 Å². The largest absolute Gasteiger partial charge is 0.395 e. The molecule has 0 amide bonds. The van der Waals surface area contributed by atoms with Crippen LogP contribution in [0.15, 0.2) is 41.8 Å². The first-order chi connectivity index (χ1) is 8.56. The Bertz CT molecular complexity index is 481. The van der Waals surface area contributed by atoms with Crippen molar-refractivity contribution in [2.75, 3.05) is 19.7 Å². The molecule has 0 atom stereocenters. The molecule has 0 aromatic heterocycles. The Morgan fingerprint density at radius 1 is 1.22 bits per heavy atom. The predicted molar refractivity (Wildman–Crippen MR) is 68.4 cm³/mol. The minimum Gasteiger partial charge on any atom is -0.395 e. The summed E-state index contributed by atoms with van der Waals surface area (Å²) in [6.45, 7) is 3.28. The third-order valence-electron chi connectivity index (χ3n) is 2.43. The van der Waals surface area contributed by atoms with Gasteiger partial charge in [-0.1, -0.05) is 18.2 Å². The van der Waals surface area contributed by atoms with Crippen LogP contribution in [0.2, 0.25) is 0 Å². The second-order valence-corrected chi connectivity index (χ2v) is 5.62. The van der Waals surface area contributed by atoms with Crippen molar-refractivity contribution in [3.63, 3.8) is 0 Å². The maximum atomic E-state index is 12.2. The van der Waals surface area contributed by atoms with E-state index >= 15 is 0 Å². The van der Waals surface area contributed by atoms with Crippen molar-refractivity contribution in [3.8, 4) is 0 Å². The second-order valence-electron chi connectivity index (χ2n) is 3.68. The molecule has 18 heavy (non-hydrogen) atoms. The van der Waals surface area contributed by atoms with Crippen molar-refractivity contribution in [1.29, 1.82) is 0 Å². The molecule has 2 N–H and O–H groups in total. The maximum Gasteiger partial charge on any atom is 0.243 e. The molecular formula is C12H17NO4S. The first-order valence-corrected chi connectivity index (χ1v) is 6.92. The number of hydrogen-bond acceptors (Lipinski definition) is 4. The average molecular weight is 271 g/mol. The van der Waals surface area contributed by atoms with Gasteiger partial charge in [0.1, 0.15) is 0 Å². The van der Waals surface area contributed by atoms with Gasteiger partial charge in [0.2, 0.25) is 10.0 Å². The molecule has 0 heterocycles. The smallest absolute Gasteiger partial charge is 0.243 e. The van der Waals surface area contributed by atoms with Crippen LogP contribution in [-0.2, 0) is 16.6 Å². The second kappa shape index (κ2) is 6.65. The summed E-state index contributed by atoms with van der Waals surface area (Å²) in [5, 5.41) is 17.8. The van der Waals surface area contributed by atoms with E-state index in [1.54, 1.807) is 12.1 Å². The number of nitrogens with zero attached hydrogens (tertiary/aromatic N) is 1. The van der Waals surface area contributed by atoms with E-state index in [0.29, 0.717) is 5.56 Å². The van der Waals surface area contributed by atoms with Crippen LogP contribution in [0.1, 0.15) is 5.56 Å². The number of sulfonamides is 1. The first kappa shape index (κ1) is 14.8. The quantitative estimate of drug-likeness (QED) is 0.701. The Labute approximate surface area is 107 Å². The maximum absolute atomic E-state index is 12.2. The van der Waals surface area contributed by atoms with Gasteiger partial charge in [0.15, 0.2) is 0 Å². The molecule has 1 rings (SSSR count). The zero-order valence-corrected chi connectivity index (χ0v) is 10.8. The molecule has 0 saturated carbocycles. The fourth-order valence-corrected chi connectivity index (χ4v) is 2.88. The Morgan fingerprint density at radius 3 is 2.28 bits per heavy atom. The molecule has 1 aromatic carbocycles. The fourth-order valence-electron chi connectivity index (χ4n) is 1.48. The van der Waals surface area contributed by atoms with Crippen LogP contribution < -0.4 is 0 Å². The van der Waals surface area contributed by atoms with E-state index in [0.717, 1.165) is 4.31 Å². The van der Waals surface area contributed by atoms with E-state index in [9.17, 15) is 8.42 Å². The Balaban J connectivity index is 3.04. The van der Waals surface area contributed by atoms with Crippen LogP contribution in [-0.4, -0.2) is 42.6 Å². The van der Waals surface area contributed by atoms with E-state index in [-0.39, 0.29) is 31.2 Å². The third-order valence-corrected chi connectivity index (χ3v) is 4.31. The van der Waals surface area contributed by atoms with Crippen LogP contribution in [0.25, 0.3) is 0 Å². The van der Waals surface area contributed by atoms with Crippen LogP contribution in [0.5, 0.6) is 0 Å². The molecule has 6 heteroatoms. The van der Waals surface area contributed by atoms with E-state index in [4.69, 9.17) is 10.2 Å². The number of hydrogen-bond donors (Lipinski definition) is 2. The van der Waals surface area contributed by atoms with Crippen molar-refractivity contribution in [2.24, 2.45) is 0 Å². The van der Waals surface area contributed by atoms with Crippen LogP contribution in [0.4, 0.5) is 0 Å². The van der Waals surface area contributed by atoms with Gasteiger partial charge < -0.3 is 10.2 Å². The summed E-state index contributed by atoms with van der Waals surface area (Å²) in [4.78, 5) is 0.134. The minimum absolute atomic E-state index is 0.0239. The molecule has 100 valence electrons. The fraction of sp³-hybridized carbons (Fsp3) is 0.333. The highest BCUT2D eigenvalue weighted by Gasteiger charge is 2.22. The van der Waals surface area contributed by atoms with Gasteiger partial charge in [-0.3, -0.25) is 0 Å². The summed E-state index contributed by atoms with van der Waals surface area (Å²) >= 11 is 0. The van der Waals surface area contributed by atoms with Crippen LogP contribution in [0.3, 0.4) is 0 Å². The highest BCUT2D eigenvalue weighted by atomic mass is 32.2. The molecule has 0 aliphatic rings. The van der Waals surface area contributed by atoms with Gasteiger partial charge in [0.25, 0.3) is 0 Å². The summed E-state index contributed by atoms with van der Waals surface area (Å²) in [5.74, 6) is 0. The number of aliphatic hydroxyl groups excluding tert-OH is 2. The molecule has 0 unspecified atom stereocenters. The molecule has 0 spiro atoms. The Hall–Kier alpha value is -1.21. The summed E-state index contributed by atoms with van der Waals surface area (Å²) in [6.07, 6.45) is 1.47. The Kier molecular flexibility index (Phi) is 5.49. The normalized spacial score (nSPS) is 11.7. The van der Waals surface area contributed by atoms with Crippen LogP contribution in [0, 0.1) is 0 Å². The predicted octanol–water partition coefficient (Wildman–Crippen LogP) is 0.348. The molecule has 0 aliphatic carbocycles. The summed E-state index contributed by atoms with van der Waals surface area (Å²) in [5.41, 5.74) is 0.645. The van der Waals surface area contributed by atoms with Gasteiger partial charge in [0, 0.05) is 13.1 Å². The van der Waals surface area contributed by atoms with Crippen molar-refractivity contribution in [3.05, 3.63) is 42.5 Å². The van der Waals surface area contributed by atoms with Gasteiger partial charge in [-0.2, -0.15) is 4.31 Å². The van der Waals surface area contributed by atoms with Gasteiger partial charge >= 0.3 is 0 Å². The molecule has 0 bridgehead atoms. The van der Waals surface area contributed by atoms with Crippen molar-refractivity contribution < 1.29 is 18.6 Å². The lowest BCUT2D eigenvalue weighted by molar-refractivity contribution is 0.260. The third kappa shape index (κ3) is 3.39. The van der Waals surface area contributed by atoms with Crippen molar-refractivity contribution in [1.82, 2.24) is 4.31 Å². The summed E-state index contributed by atoms with van der Waals surface area (Å²) in [6, 6.07) is 5.98. The minimum atomic E-state index is -3.63. The number of benzene rings is 1. The molecule has 0 radical (unpaired) electrons. The summed E-state index contributed by atoms with van der Waals surface area (Å²) in [7, 11) is -3.63. The van der Waals surface area contributed by atoms with E-state index in [1.807, 2.05) is 0 Å². The lowest BCUT2D eigenvalue weighted by atomic mass is 10.2. The van der Waals surface area contributed by atoms with Crippen molar-refractivity contribution in [2.45, 2.75) is 11.5 Å². The highest BCUT2D eigenvalue weighted by Crippen LogP contribution is 2.16. The van der Waals surface area contributed by atoms with E-state index in [1.165, 1.54) is 18.2 Å². The van der Waals surface area contributed by atoms with Gasteiger partial charge in [-0.25, -0.2) is 8.42 Å². The monoisotopic (exact) mass is 271 g/mol. The van der Waals surface area contributed by atoms with Gasteiger partial charge in [0.05, 0.1) is 18.1 Å². The standard InChI is InChI=1S/C12H17NO4S/c1-2-7-13(8-9-14)18(16,17)12-5-3-11(10-15)4-6-12/h2-6,14-15H,1,7-10H2. The zero-order chi connectivity index (χ0) is 13.6. The Morgan fingerprint density at radius 2 is 1.83 bits per heavy atom. The topological polar surface area (TPSA) is 77.8 Å². The van der Waals surface area contributed by atoms with E-state index in [2.05, 4.69) is 6.58 Å². The zero-order valence-electron chi connectivity index (χ0n) is 9.99. The van der Waals surface area contributed by atoms with E-state index < -0.39 is 10.0 Å². The molecule has 1 aromatic rings. The lowest BCUT2D eigenvalue weighted by Crippen LogP contribution is -2.33. The molecule has 0 aliphatic heterocycles. The SMILES string of the molecule is C=CCN(CCO)S(=O)(=O)c1ccc(CO)cc1. The molecule has 0 saturated heterocycles. The number of aliphatic hydroxyl groups is 2. The molecular weight excluding hydrogens is 254 g/mol.